The van der Waals surface area contributed by atoms with Crippen LogP contribution in [0.4, 0.5) is 5.69 Å². The van der Waals surface area contributed by atoms with Crippen LogP contribution in [0, 0.1) is 5.21 Å². The fourth-order valence-electron chi connectivity index (χ4n) is 1.39. The van der Waals surface area contributed by atoms with Crippen LogP contribution < -0.4 is 0 Å². The Balaban J connectivity index is 2.38. The van der Waals surface area contributed by atoms with Gasteiger partial charge in [-0.05, 0) is 18.2 Å². The highest BCUT2D eigenvalue weighted by atomic mass is 35.5. The van der Waals surface area contributed by atoms with Crippen molar-refractivity contribution in [2.24, 2.45) is 0 Å². The molecule has 0 radical (unpaired) electrons. The molecular formula is C13H9Cl2NO. The zero-order valence-electron chi connectivity index (χ0n) is 8.81. The van der Waals surface area contributed by atoms with Crippen LogP contribution in [0.2, 0.25) is 10.0 Å². The Bertz CT molecular complexity index is 567. The molecule has 0 aliphatic heterocycles. The topological polar surface area (TPSA) is 26.1 Å². The van der Waals surface area contributed by atoms with E-state index in [4.69, 9.17) is 23.2 Å². The highest BCUT2D eigenvalue weighted by Crippen LogP contribution is 2.18. The fourth-order valence-corrected chi connectivity index (χ4v) is 1.76. The van der Waals surface area contributed by atoms with Crippen molar-refractivity contribution in [2.75, 3.05) is 0 Å². The summed E-state index contributed by atoms with van der Waals surface area (Å²) in [6.45, 7) is 0. The molecule has 4 heteroatoms. The van der Waals surface area contributed by atoms with E-state index < -0.39 is 0 Å². The molecule has 0 amide bonds. The van der Waals surface area contributed by atoms with Crippen LogP contribution in [0.25, 0.3) is 0 Å². The number of nitrogens with zero attached hydrogens (tertiary/aromatic N) is 1. The lowest BCUT2D eigenvalue weighted by Gasteiger charge is -2.03. The molecule has 2 rings (SSSR count). The second kappa shape index (κ2) is 5.21. The Morgan fingerprint density at radius 3 is 2.47 bits per heavy atom. The Kier molecular flexibility index (Phi) is 3.67. The second-order valence-corrected chi connectivity index (χ2v) is 4.30. The predicted molar refractivity (Wildman–Crippen MR) is 71.4 cm³/mol. The van der Waals surface area contributed by atoms with Crippen LogP contribution in [-0.2, 0) is 0 Å². The van der Waals surface area contributed by atoms with Gasteiger partial charge >= 0.3 is 0 Å². The molecule has 0 aromatic heterocycles. The molecule has 0 saturated heterocycles. The maximum absolute atomic E-state index is 11.9. The third-order valence-corrected chi connectivity index (χ3v) is 2.80. The number of halogens is 2. The summed E-state index contributed by atoms with van der Waals surface area (Å²) < 4.78 is 0.743. The van der Waals surface area contributed by atoms with Crippen LogP contribution in [-0.4, -0.2) is 11.0 Å². The lowest BCUT2D eigenvalue weighted by Crippen LogP contribution is -1.99. The van der Waals surface area contributed by atoms with Gasteiger partial charge in [0, 0.05) is 17.2 Å². The molecule has 0 saturated carbocycles. The summed E-state index contributed by atoms with van der Waals surface area (Å²) in [7, 11) is 0. The Labute approximate surface area is 109 Å². The first-order valence-electron chi connectivity index (χ1n) is 4.98. The van der Waals surface area contributed by atoms with Crippen molar-refractivity contribution in [3.8, 4) is 0 Å². The maximum Gasteiger partial charge on any atom is 0.217 e. The largest absolute Gasteiger partial charge is 0.618 e. The lowest BCUT2D eigenvalue weighted by molar-refractivity contribution is -0.354. The zero-order valence-corrected chi connectivity index (χ0v) is 10.3. The summed E-state index contributed by atoms with van der Waals surface area (Å²) in [5.74, 6) is 0. The number of benzene rings is 2. The van der Waals surface area contributed by atoms with Crippen LogP contribution >= 0.6 is 23.2 Å². The van der Waals surface area contributed by atoms with Gasteiger partial charge in [0.15, 0.2) is 6.21 Å². The maximum atomic E-state index is 11.9. The summed E-state index contributed by atoms with van der Waals surface area (Å²) in [5.41, 5.74) is 1.14. The first-order chi connectivity index (χ1) is 8.16. The molecule has 0 unspecified atom stereocenters. The van der Waals surface area contributed by atoms with Gasteiger partial charge in [-0.15, -0.1) is 0 Å². The summed E-state index contributed by atoms with van der Waals surface area (Å²) in [6.07, 6.45) is 1.42. The van der Waals surface area contributed by atoms with E-state index in [0.717, 1.165) is 4.74 Å². The van der Waals surface area contributed by atoms with Gasteiger partial charge < -0.3 is 5.21 Å². The van der Waals surface area contributed by atoms with Gasteiger partial charge in [0.2, 0.25) is 5.69 Å². The van der Waals surface area contributed by atoms with E-state index in [2.05, 4.69) is 0 Å². The Morgan fingerprint density at radius 2 is 1.76 bits per heavy atom. The van der Waals surface area contributed by atoms with Crippen LogP contribution in [0.5, 0.6) is 0 Å². The molecule has 0 spiro atoms. The molecule has 0 atom stereocenters. The fraction of sp³-hybridized carbons (Fsp3) is 0. The molecule has 2 nitrogen and oxygen atoms in total. The van der Waals surface area contributed by atoms with Crippen molar-refractivity contribution >= 4 is 35.1 Å². The van der Waals surface area contributed by atoms with Crippen LogP contribution in [0.1, 0.15) is 5.56 Å². The molecule has 0 fully saturated rings. The number of hydrogen-bond acceptors (Lipinski definition) is 1. The van der Waals surface area contributed by atoms with Crippen LogP contribution in [0.3, 0.4) is 0 Å². The van der Waals surface area contributed by atoms with Gasteiger partial charge in [0.25, 0.3) is 0 Å². The number of rotatable bonds is 2. The molecule has 0 aliphatic rings. The first-order valence-corrected chi connectivity index (χ1v) is 5.74. The van der Waals surface area contributed by atoms with Crippen molar-refractivity contribution in [1.82, 2.24) is 0 Å². The van der Waals surface area contributed by atoms with Gasteiger partial charge in [0.05, 0.1) is 10.6 Å². The average molecular weight is 266 g/mol. The highest BCUT2D eigenvalue weighted by Gasteiger charge is 2.04. The standard InChI is InChI=1S/C13H9Cl2NO/c14-11-5-3-6-12(8-11)16(17)9-10-4-1-2-7-13(10)15/h1-9H. The minimum atomic E-state index is 0.470. The average Bonchev–Trinajstić information content (AvgIpc) is 2.32. The zero-order chi connectivity index (χ0) is 12.3. The van der Waals surface area contributed by atoms with E-state index in [1.54, 1.807) is 36.4 Å². The Hall–Kier alpha value is -1.51. The van der Waals surface area contributed by atoms with Crippen molar-refractivity contribution in [3.05, 3.63) is 69.3 Å². The third-order valence-electron chi connectivity index (χ3n) is 2.22. The Morgan fingerprint density at radius 1 is 1.00 bits per heavy atom. The smallest absolute Gasteiger partial charge is 0.217 e. The first kappa shape index (κ1) is 12.0. The van der Waals surface area contributed by atoms with Crippen molar-refractivity contribution in [2.45, 2.75) is 0 Å². The molecule has 2 aromatic carbocycles. The van der Waals surface area contributed by atoms with E-state index in [9.17, 15) is 5.21 Å². The van der Waals surface area contributed by atoms with Crippen molar-refractivity contribution < 1.29 is 4.74 Å². The molecule has 0 heterocycles. The monoisotopic (exact) mass is 265 g/mol. The van der Waals surface area contributed by atoms with E-state index >= 15 is 0 Å². The quantitative estimate of drug-likeness (QED) is 0.345. The summed E-state index contributed by atoms with van der Waals surface area (Å²) in [6, 6.07) is 13.9. The van der Waals surface area contributed by atoms with E-state index in [1.807, 2.05) is 12.1 Å². The van der Waals surface area contributed by atoms with E-state index in [-0.39, 0.29) is 0 Å². The minimum Gasteiger partial charge on any atom is -0.618 e. The van der Waals surface area contributed by atoms with Gasteiger partial charge in [-0.1, -0.05) is 41.4 Å². The molecule has 86 valence electrons. The van der Waals surface area contributed by atoms with Crippen LogP contribution in [0.15, 0.2) is 48.5 Å². The SMILES string of the molecule is [O-][N+](=Cc1ccccc1Cl)c1cccc(Cl)c1. The van der Waals surface area contributed by atoms with Crippen molar-refractivity contribution in [1.29, 1.82) is 0 Å². The molecular weight excluding hydrogens is 257 g/mol. The predicted octanol–water partition coefficient (Wildman–Crippen LogP) is 4.25. The van der Waals surface area contributed by atoms with E-state index in [0.29, 0.717) is 21.3 Å². The number of hydrogen-bond donors (Lipinski definition) is 0. The molecule has 17 heavy (non-hydrogen) atoms. The molecule has 0 N–H and O–H groups in total. The summed E-state index contributed by atoms with van der Waals surface area (Å²) >= 11 is 11.8. The van der Waals surface area contributed by atoms with Gasteiger partial charge in [-0.3, -0.25) is 0 Å². The highest BCUT2D eigenvalue weighted by molar-refractivity contribution is 6.33. The van der Waals surface area contributed by atoms with Gasteiger partial charge in [0.1, 0.15) is 0 Å². The van der Waals surface area contributed by atoms with E-state index in [1.165, 1.54) is 6.21 Å². The van der Waals surface area contributed by atoms with Gasteiger partial charge in [-0.25, -0.2) is 0 Å². The third kappa shape index (κ3) is 2.99. The van der Waals surface area contributed by atoms with Crippen molar-refractivity contribution in [3.63, 3.8) is 0 Å². The molecule has 0 aliphatic carbocycles. The second-order valence-electron chi connectivity index (χ2n) is 3.46. The minimum absolute atomic E-state index is 0.470. The lowest BCUT2D eigenvalue weighted by atomic mass is 10.2. The summed E-state index contributed by atoms with van der Waals surface area (Å²) in [4.78, 5) is 0. The normalized spacial score (nSPS) is 11.5. The van der Waals surface area contributed by atoms with Gasteiger partial charge in [-0.2, -0.15) is 4.74 Å². The molecule has 2 aromatic rings. The molecule has 0 bridgehead atoms. The summed E-state index contributed by atoms with van der Waals surface area (Å²) in [5, 5.41) is 12.9.